The molecule has 11 nitrogen and oxygen atoms in total. The molecule has 2 aromatic rings. The summed E-state index contributed by atoms with van der Waals surface area (Å²) in [5, 5.41) is 13.8. The maximum Gasteiger partial charge on any atom is 0.410 e. The SMILES string of the molecule is CN/C=C\OS(=O)(=O)N1Cc2cnc(C(O)c3cccc(N4CCN(C(=O)OC(C)(C)C)CC4)c3)cc2C1. The molecule has 206 valence electrons. The van der Waals surface area contributed by atoms with E-state index in [1.54, 1.807) is 24.2 Å². The van der Waals surface area contributed by atoms with Crippen molar-refractivity contribution >= 4 is 22.1 Å². The zero-order valence-electron chi connectivity index (χ0n) is 22.1. The number of nitrogens with one attached hydrogen (secondary N) is 1. The average molecular weight is 546 g/mol. The van der Waals surface area contributed by atoms with E-state index in [0.29, 0.717) is 37.4 Å². The Labute approximate surface area is 223 Å². The first-order valence-corrected chi connectivity index (χ1v) is 13.8. The van der Waals surface area contributed by atoms with E-state index in [9.17, 15) is 18.3 Å². The van der Waals surface area contributed by atoms with Gasteiger partial charge in [0.25, 0.3) is 0 Å². The van der Waals surface area contributed by atoms with Gasteiger partial charge in [0.2, 0.25) is 0 Å². The molecule has 0 saturated carbocycles. The summed E-state index contributed by atoms with van der Waals surface area (Å²) in [6, 6.07) is 9.35. The van der Waals surface area contributed by atoms with Crippen LogP contribution >= 0.6 is 0 Å². The minimum Gasteiger partial charge on any atom is -0.444 e. The third-order valence-electron chi connectivity index (χ3n) is 6.29. The molecule has 4 rings (SSSR count). The van der Waals surface area contributed by atoms with Gasteiger partial charge in [-0.2, -0.15) is 12.7 Å². The van der Waals surface area contributed by atoms with Crippen LogP contribution in [0.4, 0.5) is 10.5 Å². The van der Waals surface area contributed by atoms with Crippen LogP contribution in [0.15, 0.2) is 49.0 Å². The highest BCUT2D eigenvalue weighted by Gasteiger charge is 2.31. The van der Waals surface area contributed by atoms with E-state index in [1.165, 1.54) is 10.5 Å². The van der Waals surface area contributed by atoms with Gasteiger partial charge in [-0.1, -0.05) is 12.1 Å². The number of aliphatic hydroxyl groups is 1. The smallest absolute Gasteiger partial charge is 0.410 e. The van der Waals surface area contributed by atoms with Crippen LogP contribution in [-0.2, 0) is 32.3 Å². The normalized spacial score (nSPS) is 17.4. The number of benzene rings is 1. The Morgan fingerprint density at radius 2 is 1.84 bits per heavy atom. The first-order valence-electron chi connectivity index (χ1n) is 12.5. The van der Waals surface area contributed by atoms with Crippen molar-refractivity contribution in [1.29, 1.82) is 0 Å². The van der Waals surface area contributed by atoms with Crippen LogP contribution in [0.25, 0.3) is 0 Å². The van der Waals surface area contributed by atoms with Crippen LogP contribution in [0.1, 0.15) is 49.3 Å². The van der Waals surface area contributed by atoms with Gasteiger partial charge in [0.15, 0.2) is 0 Å². The number of carbonyl (C=O) groups excluding carboxylic acids is 1. The molecule has 2 aliphatic heterocycles. The van der Waals surface area contributed by atoms with Crippen LogP contribution in [0.5, 0.6) is 0 Å². The first-order chi connectivity index (χ1) is 18.0. The summed E-state index contributed by atoms with van der Waals surface area (Å²) in [5.74, 6) is 0. The first kappa shape index (κ1) is 27.7. The molecule has 3 heterocycles. The van der Waals surface area contributed by atoms with Gasteiger partial charge in [-0.25, -0.2) is 4.79 Å². The Morgan fingerprint density at radius 1 is 1.13 bits per heavy atom. The van der Waals surface area contributed by atoms with Crippen molar-refractivity contribution in [2.24, 2.45) is 0 Å². The molecule has 0 bridgehead atoms. The molecule has 12 heteroatoms. The van der Waals surface area contributed by atoms with Crippen LogP contribution in [-0.4, -0.2) is 72.6 Å². The number of hydrogen-bond donors (Lipinski definition) is 2. The topological polar surface area (TPSA) is 125 Å². The summed E-state index contributed by atoms with van der Waals surface area (Å²) in [5.41, 5.74) is 3.05. The molecule has 38 heavy (non-hydrogen) atoms. The Morgan fingerprint density at radius 3 is 2.53 bits per heavy atom. The third kappa shape index (κ3) is 6.55. The lowest BCUT2D eigenvalue weighted by molar-refractivity contribution is 0.0240. The van der Waals surface area contributed by atoms with Crippen LogP contribution < -0.4 is 10.2 Å². The van der Waals surface area contributed by atoms with Crippen molar-refractivity contribution in [2.45, 2.75) is 45.6 Å². The lowest BCUT2D eigenvalue weighted by Gasteiger charge is -2.37. The molecule has 0 spiro atoms. The number of nitrogens with zero attached hydrogens (tertiary/aromatic N) is 4. The molecule has 1 saturated heterocycles. The fourth-order valence-electron chi connectivity index (χ4n) is 4.34. The maximum atomic E-state index is 12.4. The number of ether oxygens (including phenoxy) is 1. The molecule has 1 aromatic heterocycles. The van der Waals surface area contributed by atoms with E-state index < -0.39 is 22.0 Å². The Balaban J connectivity index is 1.41. The van der Waals surface area contributed by atoms with E-state index in [1.807, 2.05) is 45.0 Å². The predicted molar refractivity (Wildman–Crippen MR) is 142 cm³/mol. The Kier molecular flexibility index (Phi) is 8.14. The van der Waals surface area contributed by atoms with E-state index >= 15 is 0 Å². The van der Waals surface area contributed by atoms with Crippen molar-refractivity contribution in [3.05, 3.63) is 71.4 Å². The third-order valence-corrected chi connectivity index (χ3v) is 7.53. The monoisotopic (exact) mass is 545 g/mol. The number of hydrogen-bond acceptors (Lipinski definition) is 9. The highest BCUT2D eigenvalue weighted by molar-refractivity contribution is 7.84. The van der Waals surface area contributed by atoms with E-state index in [0.717, 1.165) is 23.1 Å². The largest absolute Gasteiger partial charge is 0.444 e. The maximum absolute atomic E-state index is 12.4. The van der Waals surface area contributed by atoms with E-state index in [-0.39, 0.29) is 19.2 Å². The zero-order valence-corrected chi connectivity index (χ0v) is 22.9. The summed E-state index contributed by atoms with van der Waals surface area (Å²) in [6.07, 6.45) is 2.77. The van der Waals surface area contributed by atoms with Crippen molar-refractivity contribution in [3.8, 4) is 0 Å². The summed E-state index contributed by atoms with van der Waals surface area (Å²) in [7, 11) is -2.31. The second-order valence-corrected chi connectivity index (χ2v) is 11.8. The standard InChI is InChI=1S/C26H35N5O6S/c1-26(2,3)37-25(33)30-11-9-29(10-12-30)22-7-5-6-19(14-22)24(32)23-15-20-17-31(18-21(20)16-28-23)38(34,35)36-13-8-27-4/h5-8,13-16,24,27,32H,9-12,17-18H2,1-4H3/b13-8-. The number of aliphatic hydroxyl groups excluding tert-OH is 1. The number of amides is 1. The molecule has 0 radical (unpaired) electrons. The van der Waals surface area contributed by atoms with Crippen molar-refractivity contribution in [2.75, 3.05) is 38.1 Å². The lowest BCUT2D eigenvalue weighted by atomic mass is 10.0. The fraction of sp³-hybridized carbons (Fsp3) is 0.462. The Bertz CT molecular complexity index is 1290. The molecular weight excluding hydrogens is 510 g/mol. The van der Waals surface area contributed by atoms with Gasteiger partial charge >= 0.3 is 16.4 Å². The quantitative estimate of drug-likeness (QED) is 0.505. The van der Waals surface area contributed by atoms with Gasteiger partial charge < -0.3 is 29.1 Å². The number of piperazine rings is 1. The highest BCUT2D eigenvalue weighted by Crippen LogP contribution is 2.30. The summed E-state index contributed by atoms with van der Waals surface area (Å²) in [4.78, 5) is 20.7. The average Bonchev–Trinajstić information content (AvgIpc) is 3.32. The molecule has 1 atom stereocenters. The molecule has 2 aliphatic rings. The van der Waals surface area contributed by atoms with Gasteiger partial charge in [-0.05, 0) is 55.7 Å². The minimum atomic E-state index is -3.94. The molecular formula is C26H35N5O6S. The van der Waals surface area contributed by atoms with Crippen LogP contribution in [0.3, 0.4) is 0 Å². The molecule has 1 unspecified atom stereocenters. The second kappa shape index (κ2) is 11.2. The predicted octanol–water partition coefficient (Wildman–Crippen LogP) is 2.49. The summed E-state index contributed by atoms with van der Waals surface area (Å²) < 4.78 is 36.5. The molecule has 1 aromatic carbocycles. The van der Waals surface area contributed by atoms with Crippen molar-refractivity contribution in [3.63, 3.8) is 0 Å². The minimum absolute atomic E-state index is 0.134. The second-order valence-electron chi connectivity index (χ2n) is 10.2. The highest BCUT2D eigenvalue weighted by atomic mass is 32.2. The fourth-order valence-corrected chi connectivity index (χ4v) is 5.25. The van der Waals surface area contributed by atoms with Gasteiger partial charge in [-0.15, -0.1) is 0 Å². The van der Waals surface area contributed by atoms with Crippen LogP contribution in [0, 0.1) is 0 Å². The van der Waals surface area contributed by atoms with Crippen molar-refractivity contribution in [1.82, 2.24) is 19.5 Å². The number of carbonyl (C=O) groups is 1. The van der Waals surface area contributed by atoms with Crippen molar-refractivity contribution < 1.29 is 27.2 Å². The van der Waals surface area contributed by atoms with Gasteiger partial charge in [0, 0.05) is 64.4 Å². The van der Waals surface area contributed by atoms with Gasteiger partial charge in [0.1, 0.15) is 18.0 Å². The molecule has 1 amide bonds. The number of fused-ring (bicyclic) bond motifs is 1. The molecule has 1 fully saturated rings. The van der Waals surface area contributed by atoms with Crippen LogP contribution in [0.2, 0.25) is 0 Å². The summed E-state index contributed by atoms with van der Waals surface area (Å²) >= 11 is 0. The number of anilines is 1. The van der Waals surface area contributed by atoms with E-state index in [4.69, 9.17) is 8.92 Å². The summed E-state index contributed by atoms with van der Waals surface area (Å²) in [6.45, 7) is 8.22. The molecule has 2 N–H and O–H groups in total. The van der Waals surface area contributed by atoms with Gasteiger partial charge in [0.05, 0.1) is 5.69 Å². The Hall–Kier alpha value is -3.35. The number of rotatable bonds is 7. The lowest BCUT2D eigenvalue weighted by Crippen LogP contribution is -2.50. The zero-order chi connectivity index (χ0) is 27.5. The number of aromatic nitrogens is 1. The molecule has 0 aliphatic carbocycles. The van der Waals surface area contributed by atoms with Gasteiger partial charge in [-0.3, -0.25) is 4.98 Å². The van der Waals surface area contributed by atoms with E-state index in [2.05, 4.69) is 15.2 Å². The number of pyridine rings is 1.